The predicted octanol–water partition coefficient (Wildman–Crippen LogP) is -0.0264. The van der Waals surface area contributed by atoms with Crippen LogP contribution in [0.25, 0.3) is 0 Å². The van der Waals surface area contributed by atoms with E-state index in [1.54, 1.807) is 0 Å². The minimum absolute atomic E-state index is 0. The summed E-state index contributed by atoms with van der Waals surface area (Å²) in [6.45, 7) is 3.95. The Hall–Kier alpha value is 0.120. The van der Waals surface area contributed by atoms with E-state index in [-0.39, 0.29) is 24.8 Å². The Morgan fingerprint density at radius 3 is 2.47 bits per heavy atom. The van der Waals surface area contributed by atoms with E-state index < -0.39 is 10.0 Å². The van der Waals surface area contributed by atoms with E-state index in [1.165, 1.54) is 0 Å². The number of nitrogens with one attached hydrogen (secondary N) is 2. The number of sulfonamides is 1. The maximum absolute atomic E-state index is 11.3. The van der Waals surface area contributed by atoms with Gasteiger partial charge in [-0.25, -0.2) is 13.1 Å². The molecule has 0 aliphatic carbocycles. The molecule has 0 heterocycles. The molecule has 2 N–H and O–H groups in total. The van der Waals surface area contributed by atoms with E-state index in [0.717, 1.165) is 13.0 Å². The second kappa shape index (κ2) is 10.6. The van der Waals surface area contributed by atoms with Crippen LogP contribution in [0.5, 0.6) is 0 Å². The Morgan fingerprint density at radius 2 is 1.93 bits per heavy atom. The quantitative estimate of drug-likeness (QED) is 0.572. The first-order chi connectivity index (χ1) is 6.62. The number of halogens is 1. The van der Waals surface area contributed by atoms with Gasteiger partial charge in [-0.2, -0.15) is 0 Å². The number of rotatable bonds is 9. The number of hydrogen-bond acceptors (Lipinski definition) is 4. The minimum Gasteiger partial charge on any atom is -0.381 e. The van der Waals surface area contributed by atoms with E-state index in [2.05, 4.69) is 10.0 Å². The van der Waals surface area contributed by atoms with Gasteiger partial charge in [0.1, 0.15) is 0 Å². The zero-order valence-electron chi connectivity index (χ0n) is 9.28. The van der Waals surface area contributed by atoms with Gasteiger partial charge in [-0.15, -0.1) is 12.4 Å². The first-order valence-corrected chi connectivity index (χ1v) is 6.47. The van der Waals surface area contributed by atoms with E-state index in [0.29, 0.717) is 13.2 Å². The molecule has 15 heavy (non-hydrogen) atoms. The van der Waals surface area contributed by atoms with E-state index >= 15 is 0 Å². The summed E-state index contributed by atoms with van der Waals surface area (Å²) in [5, 5.41) is 2.95. The largest absolute Gasteiger partial charge is 0.381 e. The molecule has 0 unspecified atom stereocenters. The zero-order chi connectivity index (χ0) is 10.9. The van der Waals surface area contributed by atoms with Gasteiger partial charge in [-0.1, -0.05) is 0 Å². The molecule has 0 aromatic rings. The Kier molecular flexibility index (Phi) is 12.4. The highest BCUT2D eigenvalue weighted by atomic mass is 35.5. The Labute approximate surface area is 98.4 Å². The maximum Gasteiger partial charge on any atom is 0.213 e. The molecule has 0 saturated carbocycles. The molecule has 0 amide bonds. The molecule has 0 aliphatic heterocycles. The van der Waals surface area contributed by atoms with Crippen molar-refractivity contribution in [1.29, 1.82) is 0 Å². The first-order valence-electron chi connectivity index (χ1n) is 4.82. The van der Waals surface area contributed by atoms with Crippen molar-refractivity contribution in [3.63, 3.8) is 0 Å². The van der Waals surface area contributed by atoms with Gasteiger partial charge in [-0.3, -0.25) is 0 Å². The topological polar surface area (TPSA) is 67.4 Å². The van der Waals surface area contributed by atoms with Crippen LogP contribution in [0.3, 0.4) is 0 Å². The third kappa shape index (κ3) is 12.0. The average molecular weight is 261 g/mol. The highest BCUT2D eigenvalue weighted by Gasteiger charge is 2.08. The summed E-state index contributed by atoms with van der Waals surface area (Å²) in [5.74, 6) is 0.0421. The van der Waals surface area contributed by atoms with Gasteiger partial charge in [0.2, 0.25) is 10.0 Å². The lowest BCUT2D eigenvalue weighted by atomic mass is 10.4. The van der Waals surface area contributed by atoms with Crippen molar-refractivity contribution in [3.8, 4) is 0 Å². The van der Waals surface area contributed by atoms with E-state index in [4.69, 9.17) is 4.74 Å². The number of ether oxygens (including phenoxy) is 1. The maximum atomic E-state index is 11.3. The van der Waals surface area contributed by atoms with Crippen molar-refractivity contribution >= 4 is 22.4 Å². The molecule has 0 aromatic heterocycles. The molecular formula is C8H21ClN2O3S. The fraction of sp³-hybridized carbons (Fsp3) is 1.00. The van der Waals surface area contributed by atoms with Gasteiger partial charge in [0.25, 0.3) is 0 Å². The molecule has 0 fully saturated rings. The highest BCUT2D eigenvalue weighted by Crippen LogP contribution is 1.86. The van der Waals surface area contributed by atoms with Crippen molar-refractivity contribution < 1.29 is 13.2 Å². The second-order valence-corrected chi connectivity index (χ2v) is 4.79. The molecule has 0 radical (unpaired) electrons. The molecule has 0 saturated heterocycles. The van der Waals surface area contributed by atoms with Crippen molar-refractivity contribution in [2.75, 3.05) is 39.1 Å². The lowest BCUT2D eigenvalue weighted by molar-refractivity contribution is 0.163. The van der Waals surface area contributed by atoms with Crippen LogP contribution < -0.4 is 10.0 Å². The predicted molar refractivity (Wildman–Crippen MR) is 64.1 cm³/mol. The SMILES string of the molecule is CCOCCS(=O)(=O)NCCCNC.Cl. The smallest absolute Gasteiger partial charge is 0.213 e. The Bertz CT molecular complexity index is 222. The number of hydrogen-bond donors (Lipinski definition) is 2. The fourth-order valence-electron chi connectivity index (χ4n) is 0.878. The normalized spacial score (nSPS) is 11.1. The lowest BCUT2D eigenvalue weighted by Gasteiger charge is -2.06. The summed E-state index contributed by atoms with van der Waals surface area (Å²) in [6.07, 6.45) is 0.796. The molecular weight excluding hydrogens is 240 g/mol. The van der Waals surface area contributed by atoms with Crippen LogP contribution in [0, 0.1) is 0 Å². The van der Waals surface area contributed by atoms with Crippen LogP contribution >= 0.6 is 12.4 Å². The van der Waals surface area contributed by atoms with Gasteiger partial charge >= 0.3 is 0 Å². The summed E-state index contributed by atoms with van der Waals surface area (Å²) >= 11 is 0. The minimum atomic E-state index is -3.14. The van der Waals surface area contributed by atoms with Crippen LogP contribution in [0.4, 0.5) is 0 Å². The lowest BCUT2D eigenvalue weighted by Crippen LogP contribution is -2.30. The molecule has 0 bridgehead atoms. The van der Waals surface area contributed by atoms with Crippen molar-refractivity contribution in [2.45, 2.75) is 13.3 Å². The van der Waals surface area contributed by atoms with Crippen LogP contribution in [-0.2, 0) is 14.8 Å². The fourth-order valence-corrected chi connectivity index (χ4v) is 1.81. The molecule has 0 spiro atoms. The average Bonchev–Trinajstić information content (AvgIpc) is 2.13. The van der Waals surface area contributed by atoms with E-state index in [9.17, 15) is 8.42 Å². The van der Waals surface area contributed by atoms with Gasteiger partial charge in [0, 0.05) is 13.2 Å². The van der Waals surface area contributed by atoms with Gasteiger partial charge in [0.05, 0.1) is 12.4 Å². The van der Waals surface area contributed by atoms with Crippen molar-refractivity contribution in [1.82, 2.24) is 10.0 Å². The molecule has 0 atom stereocenters. The van der Waals surface area contributed by atoms with Gasteiger partial charge in [0.15, 0.2) is 0 Å². The molecule has 0 aliphatic rings. The van der Waals surface area contributed by atoms with Crippen LogP contribution in [0.15, 0.2) is 0 Å². The van der Waals surface area contributed by atoms with Crippen LogP contribution in [0.1, 0.15) is 13.3 Å². The van der Waals surface area contributed by atoms with E-state index in [1.807, 2.05) is 14.0 Å². The third-order valence-electron chi connectivity index (χ3n) is 1.63. The van der Waals surface area contributed by atoms with Crippen molar-refractivity contribution in [2.24, 2.45) is 0 Å². The van der Waals surface area contributed by atoms with Gasteiger partial charge in [-0.05, 0) is 26.9 Å². The summed E-state index contributed by atoms with van der Waals surface area (Å²) in [6, 6.07) is 0. The summed E-state index contributed by atoms with van der Waals surface area (Å²) < 4.78 is 30.0. The molecule has 0 rings (SSSR count). The monoisotopic (exact) mass is 260 g/mol. The van der Waals surface area contributed by atoms with Gasteiger partial charge < -0.3 is 10.1 Å². The first kappa shape index (κ1) is 17.5. The van der Waals surface area contributed by atoms with Crippen LogP contribution in [0.2, 0.25) is 0 Å². The van der Waals surface area contributed by atoms with Crippen molar-refractivity contribution in [3.05, 3.63) is 0 Å². The Morgan fingerprint density at radius 1 is 1.27 bits per heavy atom. The molecule has 94 valence electrons. The second-order valence-electron chi connectivity index (χ2n) is 2.87. The molecule has 7 heteroatoms. The standard InChI is InChI=1S/C8H20N2O3S.ClH/c1-3-13-7-8-14(11,12)10-6-4-5-9-2;/h9-10H,3-8H2,1-2H3;1H. The summed E-state index contributed by atoms with van der Waals surface area (Å²) in [7, 11) is -1.30. The molecule has 5 nitrogen and oxygen atoms in total. The zero-order valence-corrected chi connectivity index (χ0v) is 10.9. The summed E-state index contributed by atoms with van der Waals surface area (Å²) in [5.41, 5.74) is 0. The summed E-state index contributed by atoms with van der Waals surface area (Å²) in [4.78, 5) is 0. The highest BCUT2D eigenvalue weighted by molar-refractivity contribution is 7.89. The molecule has 0 aromatic carbocycles. The van der Waals surface area contributed by atoms with Crippen LogP contribution in [-0.4, -0.2) is 47.5 Å². The third-order valence-corrected chi connectivity index (χ3v) is 2.97. The Balaban J connectivity index is 0.